The molecule has 2 aromatic rings. The standard InChI is InChI=1S/C16H13Cl2F4NO4S/c17-9-5-10(19)7-11(6-9)27-13-1-2-14(28(25,26)16(20,21)22)12(15(13)18)8-23-3-4-24/h1-2,5-7,23-24H,3-4,8H2. The summed E-state index contributed by atoms with van der Waals surface area (Å²) in [6.07, 6.45) is 0. The first-order chi connectivity index (χ1) is 13.0. The van der Waals surface area contributed by atoms with Crippen LogP contribution in [0.4, 0.5) is 17.6 Å². The summed E-state index contributed by atoms with van der Waals surface area (Å²) >= 11 is 11.8. The van der Waals surface area contributed by atoms with Gasteiger partial charge in [0, 0.05) is 29.7 Å². The Bertz CT molecular complexity index is 948. The third kappa shape index (κ3) is 5.06. The molecule has 0 aliphatic rings. The molecule has 0 unspecified atom stereocenters. The second-order valence-electron chi connectivity index (χ2n) is 5.41. The minimum atomic E-state index is -5.69. The van der Waals surface area contributed by atoms with E-state index in [0.29, 0.717) is 6.07 Å². The lowest BCUT2D eigenvalue weighted by Gasteiger charge is -2.17. The average Bonchev–Trinajstić information content (AvgIpc) is 2.56. The van der Waals surface area contributed by atoms with Crippen LogP contribution in [0, 0.1) is 5.82 Å². The van der Waals surface area contributed by atoms with Gasteiger partial charge in [-0.1, -0.05) is 23.2 Å². The predicted octanol–water partition coefficient (Wildman–Crippen LogP) is 4.30. The van der Waals surface area contributed by atoms with Crippen molar-refractivity contribution in [2.45, 2.75) is 16.9 Å². The number of sulfone groups is 1. The van der Waals surface area contributed by atoms with Crippen LogP contribution < -0.4 is 10.1 Å². The monoisotopic (exact) mass is 461 g/mol. The molecule has 2 N–H and O–H groups in total. The van der Waals surface area contributed by atoms with E-state index in [0.717, 1.165) is 18.2 Å². The maximum Gasteiger partial charge on any atom is 0.501 e. The maximum absolute atomic E-state index is 13.4. The lowest BCUT2D eigenvalue weighted by Crippen LogP contribution is -2.26. The van der Waals surface area contributed by atoms with Crippen molar-refractivity contribution in [3.63, 3.8) is 0 Å². The highest BCUT2D eigenvalue weighted by atomic mass is 35.5. The van der Waals surface area contributed by atoms with E-state index in [1.165, 1.54) is 6.07 Å². The number of benzene rings is 2. The van der Waals surface area contributed by atoms with Gasteiger partial charge in [0.2, 0.25) is 0 Å². The van der Waals surface area contributed by atoms with Crippen LogP contribution in [0.5, 0.6) is 11.5 Å². The maximum atomic E-state index is 13.4. The summed E-state index contributed by atoms with van der Waals surface area (Å²) in [6.45, 7) is -0.755. The second-order valence-corrected chi connectivity index (χ2v) is 8.14. The van der Waals surface area contributed by atoms with Gasteiger partial charge in [-0.15, -0.1) is 0 Å². The van der Waals surface area contributed by atoms with Gasteiger partial charge in [-0.05, 0) is 24.3 Å². The number of hydrogen-bond acceptors (Lipinski definition) is 5. The first-order valence-electron chi connectivity index (χ1n) is 7.55. The number of alkyl halides is 3. The van der Waals surface area contributed by atoms with Crippen molar-refractivity contribution in [1.82, 2.24) is 5.32 Å². The van der Waals surface area contributed by atoms with Crippen LogP contribution in [0.25, 0.3) is 0 Å². The first-order valence-corrected chi connectivity index (χ1v) is 9.79. The molecule has 5 nitrogen and oxygen atoms in total. The molecule has 0 aromatic heterocycles. The first kappa shape index (κ1) is 22.7. The van der Waals surface area contributed by atoms with E-state index in [4.69, 9.17) is 33.0 Å². The summed E-state index contributed by atoms with van der Waals surface area (Å²) in [7, 11) is -5.69. The average molecular weight is 462 g/mol. The van der Waals surface area contributed by atoms with Crippen LogP contribution in [0.3, 0.4) is 0 Å². The molecule has 0 heterocycles. The zero-order valence-corrected chi connectivity index (χ0v) is 16.2. The van der Waals surface area contributed by atoms with E-state index in [1.807, 2.05) is 0 Å². The summed E-state index contributed by atoms with van der Waals surface area (Å²) in [6, 6.07) is 4.84. The van der Waals surface area contributed by atoms with Crippen molar-refractivity contribution in [1.29, 1.82) is 0 Å². The minimum absolute atomic E-state index is 0.00669. The molecule has 154 valence electrons. The Morgan fingerprint density at radius 1 is 1.14 bits per heavy atom. The Balaban J connectivity index is 2.54. The van der Waals surface area contributed by atoms with Crippen LogP contribution in [-0.2, 0) is 16.4 Å². The van der Waals surface area contributed by atoms with Gasteiger partial charge in [0.1, 0.15) is 17.3 Å². The highest BCUT2D eigenvalue weighted by Crippen LogP contribution is 2.40. The number of aliphatic hydroxyl groups excluding tert-OH is 1. The SMILES string of the molecule is O=S(=O)(c1ccc(Oc2cc(F)cc(Cl)c2)c(Cl)c1CNCCO)C(F)(F)F. The van der Waals surface area contributed by atoms with Crippen LogP contribution in [0.1, 0.15) is 5.56 Å². The smallest absolute Gasteiger partial charge is 0.456 e. The van der Waals surface area contributed by atoms with Gasteiger partial charge in [-0.25, -0.2) is 12.8 Å². The van der Waals surface area contributed by atoms with Gasteiger partial charge in [-0.2, -0.15) is 13.2 Å². The number of rotatable bonds is 7. The van der Waals surface area contributed by atoms with E-state index < -0.39 is 43.2 Å². The topological polar surface area (TPSA) is 75.6 Å². The molecule has 0 saturated carbocycles. The van der Waals surface area contributed by atoms with Gasteiger partial charge < -0.3 is 15.2 Å². The summed E-state index contributed by atoms with van der Waals surface area (Å²) in [4.78, 5) is -1.06. The van der Waals surface area contributed by atoms with E-state index in [1.54, 1.807) is 0 Å². The Hall–Kier alpha value is -1.59. The normalized spacial score (nSPS) is 12.2. The van der Waals surface area contributed by atoms with Gasteiger partial charge in [0.15, 0.2) is 0 Å². The van der Waals surface area contributed by atoms with Crippen LogP contribution >= 0.6 is 23.2 Å². The molecule has 0 atom stereocenters. The van der Waals surface area contributed by atoms with Gasteiger partial charge in [-0.3, -0.25) is 0 Å². The Morgan fingerprint density at radius 3 is 2.39 bits per heavy atom. The fourth-order valence-electron chi connectivity index (χ4n) is 2.21. The summed E-state index contributed by atoms with van der Waals surface area (Å²) in [5, 5.41) is 11.0. The number of aliphatic hydroxyl groups is 1. The van der Waals surface area contributed by atoms with Gasteiger partial charge in [0.05, 0.1) is 16.5 Å². The highest BCUT2D eigenvalue weighted by molar-refractivity contribution is 7.92. The molecule has 0 aliphatic carbocycles. The second kappa shape index (κ2) is 8.83. The Morgan fingerprint density at radius 2 is 1.82 bits per heavy atom. The Kier molecular flexibility index (Phi) is 7.16. The fourth-order valence-corrected chi connectivity index (χ4v) is 3.74. The number of ether oxygens (including phenoxy) is 1. The van der Waals surface area contributed by atoms with E-state index in [2.05, 4.69) is 5.32 Å². The van der Waals surface area contributed by atoms with E-state index in [9.17, 15) is 26.0 Å². The molecule has 0 spiro atoms. The minimum Gasteiger partial charge on any atom is -0.456 e. The third-order valence-electron chi connectivity index (χ3n) is 3.41. The summed E-state index contributed by atoms with van der Waals surface area (Å²) < 4.78 is 81.4. The molecule has 28 heavy (non-hydrogen) atoms. The van der Waals surface area contributed by atoms with Crippen molar-refractivity contribution in [2.24, 2.45) is 0 Å². The third-order valence-corrected chi connectivity index (χ3v) is 5.62. The van der Waals surface area contributed by atoms with Crippen LogP contribution in [0.2, 0.25) is 10.0 Å². The van der Waals surface area contributed by atoms with Crippen molar-refractivity contribution in [2.75, 3.05) is 13.2 Å². The summed E-state index contributed by atoms with van der Waals surface area (Å²) in [5.74, 6) is -1.02. The molecule has 0 fully saturated rings. The fraction of sp³-hybridized carbons (Fsp3) is 0.250. The summed E-state index contributed by atoms with van der Waals surface area (Å²) in [5.41, 5.74) is -5.95. The van der Waals surface area contributed by atoms with E-state index in [-0.39, 0.29) is 29.7 Å². The van der Waals surface area contributed by atoms with Crippen molar-refractivity contribution in [3.8, 4) is 11.5 Å². The molecule has 2 rings (SSSR count). The van der Waals surface area contributed by atoms with E-state index >= 15 is 0 Å². The molecular weight excluding hydrogens is 449 g/mol. The predicted molar refractivity (Wildman–Crippen MR) is 95.0 cm³/mol. The van der Waals surface area contributed by atoms with Crippen molar-refractivity contribution in [3.05, 3.63) is 51.8 Å². The highest BCUT2D eigenvalue weighted by Gasteiger charge is 2.48. The van der Waals surface area contributed by atoms with Gasteiger partial charge in [0.25, 0.3) is 9.84 Å². The lowest BCUT2D eigenvalue weighted by molar-refractivity contribution is -0.0436. The molecular formula is C16H13Cl2F4NO4S. The van der Waals surface area contributed by atoms with Crippen molar-refractivity contribution >= 4 is 33.0 Å². The van der Waals surface area contributed by atoms with Crippen molar-refractivity contribution < 1.29 is 35.8 Å². The largest absolute Gasteiger partial charge is 0.501 e. The molecule has 0 saturated heterocycles. The molecule has 2 aromatic carbocycles. The quantitative estimate of drug-likeness (QED) is 0.474. The van der Waals surface area contributed by atoms with Crippen LogP contribution in [-0.4, -0.2) is 32.2 Å². The molecule has 0 radical (unpaired) electrons. The number of nitrogens with one attached hydrogen (secondary N) is 1. The Labute approximate surface area is 167 Å². The molecule has 12 heteroatoms. The van der Waals surface area contributed by atoms with Crippen LogP contribution in [0.15, 0.2) is 35.2 Å². The molecule has 0 bridgehead atoms. The van der Waals surface area contributed by atoms with Gasteiger partial charge >= 0.3 is 5.51 Å². The molecule has 0 amide bonds. The lowest BCUT2D eigenvalue weighted by atomic mass is 10.2. The number of hydrogen-bond donors (Lipinski definition) is 2. The zero-order valence-electron chi connectivity index (χ0n) is 13.9. The zero-order chi connectivity index (χ0) is 21.1. The number of halogens is 6. The molecule has 0 aliphatic heterocycles.